The molecule has 6 atom stereocenters. The Morgan fingerprint density at radius 2 is 1.81 bits per heavy atom. The Labute approximate surface area is 190 Å². The third-order valence-electron chi connectivity index (χ3n) is 5.91. The molecule has 2 saturated heterocycles. The lowest BCUT2D eigenvalue weighted by atomic mass is 9.88. The van der Waals surface area contributed by atoms with Crippen LogP contribution in [0.2, 0.25) is 5.02 Å². The van der Waals surface area contributed by atoms with Gasteiger partial charge in [0.1, 0.15) is 36.3 Å². The van der Waals surface area contributed by atoms with E-state index in [-0.39, 0.29) is 6.10 Å². The lowest BCUT2D eigenvalue weighted by Crippen LogP contribution is -2.63. The summed E-state index contributed by atoms with van der Waals surface area (Å²) in [6, 6.07) is 12.6. The molecule has 0 amide bonds. The van der Waals surface area contributed by atoms with Gasteiger partial charge in [0.15, 0.2) is 0 Å². The van der Waals surface area contributed by atoms with Crippen molar-refractivity contribution in [3.05, 3.63) is 64.2 Å². The van der Waals surface area contributed by atoms with E-state index < -0.39 is 36.8 Å². The molecule has 0 saturated carbocycles. The lowest BCUT2D eigenvalue weighted by Gasteiger charge is -2.45. The van der Waals surface area contributed by atoms with Crippen molar-refractivity contribution in [2.45, 2.75) is 49.1 Å². The summed E-state index contributed by atoms with van der Waals surface area (Å²) in [5.74, 6) is -1.64. The van der Waals surface area contributed by atoms with E-state index in [1.165, 1.54) is 0 Å². The second-order valence-electron chi connectivity index (χ2n) is 8.24. The molecule has 0 aromatic heterocycles. The molecule has 2 aromatic rings. The molecule has 9 heteroatoms. The summed E-state index contributed by atoms with van der Waals surface area (Å²) in [4.78, 5) is 0. The van der Waals surface area contributed by atoms with Gasteiger partial charge in [-0.15, -0.1) is 0 Å². The smallest absolute Gasteiger partial charge is 0.219 e. The first kappa shape index (κ1) is 23.4. The van der Waals surface area contributed by atoms with Gasteiger partial charge in [-0.05, 0) is 41.3 Å². The molecule has 0 spiro atoms. The number of benzene rings is 2. The third kappa shape index (κ3) is 4.78. The van der Waals surface area contributed by atoms with Crippen LogP contribution in [0.5, 0.6) is 5.75 Å². The highest BCUT2D eigenvalue weighted by atomic mass is 35.5. The monoisotopic (exact) mass is 466 g/mol. The number of aliphatic hydroxyl groups is 5. The van der Waals surface area contributed by atoms with E-state index in [0.29, 0.717) is 30.2 Å². The topological polar surface area (TPSA) is 129 Å². The highest BCUT2D eigenvalue weighted by Gasteiger charge is 2.52. The fraction of sp³-hybridized carbons (Fsp3) is 0.478. The standard InChI is InChI=1S/C23H27ClO8/c24-18-6-3-14(21-19(26)20(27)22(28)23(29,12-25)32-21)10-15(18)9-13-1-4-16(5-2-13)31-17-7-8-30-11-17/h1-6,10,17,19-22,25-29H,7-9,11-12H2/t17-,19+,20+,21-,22-,23-/m0/s1. The largest absolute Gasteiger partial charge is 0.488 e. The Morgan fingerprint density at radius 3 is 2.47 bits per heavy atom. The zero-order valence-electron chi connectivity index (χ0n) is 17.3. The van der Waals surface area contributed by atoms with Gasteiger partial charge in [0, 0.05) is 11.4 Å². The van der Waals surface area contributed by atoms with Gasteiger partial charge >= 0.3 is 0 Å². The molecule has 0 bridgehead atoms. The Bertz CT molecular complexity index is 917. The molecule has 2 aliphatic rings. The van der Waals surface area contributed by atoms with Crippen molar-refractivity contribution in [1.29, 1.82) is 0 Å². The highest BCUT2D eigenvalue weighted by molar-refractivity contribution is 6.31. The Balaban J connectivity index is 1.51. The predicted octanol–water partition coefficient (Wildman–Crippen LogP) is 0.933. The van der Waals surface area contributed by atoms with Crippen LogP contribution in [0, 0.1) is 0 Å². The van der Waals surface area contributed by atoms with Crippen molar-refractivity contribution in [1.82, 2.24) is 0 Å². The van der Waals surface area contributed by atoms with Crippen molar-refractivity contribution in [3.8, 4) is 5.75 Å². The summed E-state index contributed by atoms with van der Waals surface area (Å²) in [6.45, 7) is 0.357. The molecule has 5 N–H and O–H groups in total. The van der Waals surface area contributed by atoms with Crippen LogP contribution in [0.25, 0.3) is 0 Å². The van der Waals surface area contributed by atoms with Gasteiger partial charge in [-0.2, -0.15) is 0 Å². The van der Waals surface area contributed by atoms with E-state index in [9.17, 15) is 25.5 Å². The van der Waals surface area contributed by atoms with Gasteiger partial charge in [-0.25, -0.2) is 0 Å². The average Bonchev–Trinajstić information content (AvgIpc) is 3.31. The van der Waals surface area contributed by atoms with E-state index in [4.69, 9.17) is 25.8 Å². The molecule has 2 heterocycles. The number of aliphatic hydroxyl groups excluding tert-OH is 4. The maximum atomic E-state index is 10.4. The summed E-state index contributed by atoms with van der Waals surface area (Å²) in [7, 11) is 0. The van der Waals surface area contributed by atoms with Crippen LogP contribution < -0.4 is 4.74 Å². The van der Waals surface area contributed by atoms with E-state index in [1.807, 2.05) is 24.3 Å². The first-order chi connectivity index (χ1) is 15.3. The molecule has 0 unspecified atom stereocenters. The number of rotatable bonds is 6. The van der Waals surface area contributed by atoms with E-state index >= 15 is 0 Å². The van der Waals surface area contributed by atoms with Gasteiger partial charge < -0.3 is 39.7 Å². The zero-order chi connectivity index (χ0) is 22.9. The van der Waals surface area contributed by atoms with Gasteiger partial charge in [-0.3, -0.25) is 0 Å². The van der Waals surface area contributed by atoms with Crippen LogP contribution in [0.3, 0.4) is 0 Å². The summed E-state index contributed by atoms with van der Waals surface area (Å²) < 4.78 is 16.6. The molecule has 0 radical (unpaired) electrons. The van der Waals surface area contributed by atoms with Crippen molar-refractivity contribution in [3.63, 3.8) is 0 Å². The molecule has 2 fully saturated rings. The molecule has 174 valence electrons. The van der Waals surface area contributed by atoms with Gasteiger partial charge in [-0.1, -0.05) is 35.9 Å². The third-order valence-corrected chi connectivity index (χ3v) is 6.28. The molecule has 2 aliphatic heterocycles. The van der Waals surface area contributed by atoms with Crippen LogP contribution in [-0.2, 0) is 15.9 Å². The second kappa shape index (κ2) is 9.62. The van der Waals surface area contributed by atoms with Crippen molar-refractivity contribution in [2.24, 2.45) is 0 Å². The fourth-order valence-electron chi connectivity index (χ4n) is 4.00. The molecular formula is C23H27ClO8. The molecule has 0 aliphatic carbocycles. The fourth-order valence-corrected chi connectivity index (χ4v) is 4.18. The number of halogens is 1. The summed E-state index contributed by atoms with van der Waals surface area (Å²) in [5.41, 5.74) is 2.16. The molecule has 2 aromatic carbocycles. The first-order valence-electron chi connectivity index (χ1n) is 10.5. The Kier molecular flexibility index (Phi) is 7.04. The summed E-state index contributed by atoms with van der Waals surface area (Å²) >= 11 is 6.38. The Morgan fingerprint density at radius 1 is 1.06 bits per heavy atom. The molecule has 32 heavy (non-hydrogen) atoms. The summed E-state index contributed by atoms with van der Waals surface area (Å²) in [6.07, 6.45) is -4.83. The maximum absolute atomic E-state index is 10.4. The molecule has 8 nitrogen and oxygen atoms in total. The number of hydrogen-bond donors (Lipinski definition) is 5. The van der Waals surface area contributed by atoms with Crippen LogP contribution in [0.1, 0.15) is 29.2 Å². The zero-order valence-corrected chi connectivity index (χ0v) is 18.1. The predicted molar refractivity (Wildman–Crippen MR) is 114 cm³/mol. The van der Waals surface area contributed by atoms with E-state index in [0.717, 1.165) is 23.3 Å². The molecule has 4 rings (SSSR count). The average molecular weight is 467 g/mol. The van der Waals surface area contributed by atoms with Crippen LogP contribution in [0.15, 0.2) is 42.5 Å². The van der Waals surface area contributed by atoms with E-state index in [2.05, 4.69) is 0 Å². The van der Waals surface area contributed by atoms with Crippen LogP contribution >= 0.6 is 11.6 Å². The quantitative estimate of drug-likeness (QED) is 0.425. The highest BCUT2D eigenvalue weighted by Crippen LogP contribution is 2.38. The molecular weight excluding hydrogens is 440 g/mol. The van der Waals surface area contributed by atoms with Crippen molar-refractivity contribution in [2.75, 3.05) is 19.8 Å². The van der Waals surface area contributed by atoms with Gasteiger partial charge in [0.2, 0.25) is 5.79 Å². The number of ether oxygens (including phenoxy) is 3. The SMILES string of the molecule is OC[C@]1(O)O[C@@H](c2ccc(Cl)c(Cc3ccc(O[C@H]4CCOC4)cc3)c2)[C@H](O)[C@@H](O)[C@@H]1O. The van der Waals surface area contributed by atoms with Gasteiger partial charge in [0.25, 0.3) is 0 Å². The number of hydrogen-bond acceptors (Lipinski definition) is 8. The minimum absolute atomic E-state index is 0.0698. The maximum Gasteiger partial charge on any atom is 0.219 e. The van der Waals surface area contributed by atoms with Gasteiger partial charge in [0.05, 0.1) is 19.8 Å². The second-order valence-corrected chi connectivity index (χ2v) is 8.65. The van der Waals surface area contributed by atoms with Crippen molar-refractivity contribution < 1.29 is 39.7 Å². The normalized spacial score (nSPS) is 32.8. The van der Waals surface area contributed by atoms with E-state index in [1.54, 1.807) is 18.2 Å². The minimum atomic E-state index is -2.40. The van der Waals surface area contributed by atoms with Crippen LogP contribution in [-0.4, -0.2) is 75.6 Å². The first-order valence-corrected chi connectivity index (χ1v) is 10.9. The Hall–Kier alpha value is -1.75. The summed E-state index contributed by atoms with van der Waals surface area (Å²) in [5, 5.41) is 50.7. The lowest BCUT2D eigenvalue weighted by molar-refractivity contribution is -0.357. The van der Waals surface area contributed by atoms with Crippen molar-refractivity contribution >= 4 is 11.6 Å². The van der Waals surface area contributed by atoms with Crippen LogP contribution in [0.4, 0.5) is 0 Å². The minimum Gasteiger partial charge on any atom is -0.488 e.